The van der Waals surface area contributed by atoms with Gasteiger partial charge >= 0.3 is 0 Å². The van der Waals surface area contributed by atoms with E-state index in [0.29, 0.717) is 25.9 Å². The van der Waals surface area contributed by atoms with Crippen molar-refractivity contribution in [3.8, 4) is 0 Å². The largest absolute Gasteiger partial charge is 0.370 e. The monoisotopic (exact) mass is 442 g/mol. The molecule has 4 atom stereocenters. The number of hydrogen-bond acceptors (Lipinski definition) is 5. The molecular formula is C23H34N6O3. The molecule has 3 amide bonds. The fourth-order valence-electron chi connectivity index (χ4n) is 5.11. The van der Waals surface area contributed by atoms with Crippen molar-refractivity contribution in [2.75, 3.05) is 13.1 Å². The van der Waals surface area contributed by atoms with Crippen molar-refractivity contribution in [1.29, 1.82) is 5.41 Å². The number of imide groups is 1. The lowest BCUT2D eigenvalue weighted by atomic mass is 9.76. The normalized spacial score (nSPS) is 26.9. The number of aryl methyl sites for hydroxylation is 1. The zero-order valence-corrected chi connectivity index (χ0v) is 18.6. The Kier molecular flexibility index (Phi) is 7.50. The van der Waals surface area contributed by atoms with Crippen molar-refractivity contribution >= 4 is 23.7 Å². The Hall–Kier alpha value is -2.94. The molecule has 2 aliphatic rings. The number of hydrogen-bond donors (Lipinski definition) is 5. The summed E-state index contributed by atoms with van der Waals surface area (Å²) in [6.45, 7) is 2.75. The highest BCUT2D eigenvalue weighted by molar-refractivity contribution is 6.10. The molecule has 1 aromatic carbocycles. The number of rotatable bonds is 11. The van der Waals surface area contributed by atoms with Gasteiger partial charge in [-0.1, -0.05) is 43.7 Å². The van der Waals surface area contributed by atoms with E-state index < -0.39 is 23.3 Å². The second kappa shape index (κ2) is 10.1. The van der Waals surface area contributed by atoms with E-state index in [9.17, 15) is 14.4 Å². The van der Waals surface area contributed by atoms with Crippen LogP contribution in [0.1, 0.15) is 44.6 Å². The Bertz CT molecular complexity index is 861. The van der Waals surface area contributed by atoms with Gasteiger partial charge in [0.1, 0.15) is 5.54 Å². The number of amides is 3. The molecule has 2 fully saturated rings. The molecule has 2 heterocycles. The summed E-state index contributed by atoms with van der Waals surface area (Å²) < 4.78 is 0. The highest BCUT2D eigenvalue weighted by Gasteiger charge is 2.66. The quantitative estimate of drug-likeness (QED) is 0.145. The zero-order valence-electron chi connectivity index (χ0n) is 18.6. The molecule has 1 aromatic rings. The Morgan fingerprint density at radius 1 is 1.19 bits per heavy atom. The second-order valence-corrected chi connectivity index (χ2v) is 8.74. The van der Waals surface area contributed by atoms with Gasteiger partial charge in [0.05, 0.1) is 11.8 Å². The molecule has 4 unspecified atom stereocenters. The molecule has 0 bridgehead atoms. The van der Waals surface area contributed by atoms with Crippen LogP contribution >= 0.6 is 0 Å². The van der Waals surface area contributed by atoms with Crippen molar-refractivity contribution in [2.24, 2.45) is 23.3 Å². The van der Waals surface area contributed by atoms with E-state index in [1.54, 1.807) is 0 Å². The minimum absolute atomic E-state index is 0.158. The summed E-state index contributed by atoms with van der Waals surface area (Å²) >= 11 is 0. The third-order valence-corrected chi connectivity index (χ3v) is 6.67. The number of benzene rings is 1. The lowest BCUT2D eigenvalue weighted by Gasteiger charge is -2.32. The average molecular weight is 443 g/mol. The highest BCUT2D eigenvalue weighted by atomic mass is 16.2. The predicted molar refractivity (Wildman–Crippen MR) is 121 cm³/mol. The average Bonchev–Trinajstić information content (AvgIpc) is 3.23. The highest BCUT2D eigenvalue weighted by Crippen LogP contribution is 2.46. The fraction of sp³-hybridized carbons (Fsp3) is 0.565. The molecule has 2 saturated heterocycles. The van der Waals surface area contributed by atoms with Crippen LogP contribution < -0.4 is 22.1 Å². The van der Waals surface area contributed by atoms with E-state index in [1.165, 1.54) is 4.90 Å². The van der Waals surface area contributed by atoms with E-state index >= 15 is 0 Å². The summed E-state index contributed by atoms with van der Waals surface area (Å²) in [4.78, 5) is 40.8. The van der Waals surface area contributed by atoms with Gasteiger partial charge in [0.2, 0.25) is 17.7 Å². The molecule has 0 aliphatic carbocycles. The van der Waals surface area contributed by atoms with Crippen LogP contribution in [0.5, 0.6) is 0 Å². The molecule has 9 nitrogen and oxygen atoms in total. The SMILES string of the molecule is CCCCN1C(=O)C2C(CCc3ccccc3)NC(CCCNC(=N)N)(C(N)=O)C2C1=O. The molecule has 9 heteroatoms. The van der Waals surface area contributed by atoms with E-state index in [1.807, 2.05) is 37.3 Å². The van der Waals surface area contributed by atoms with Crippen LogP contribution in [0.2, 0.25) is 0 Å². The molecule has 0 spiro atoms. The van der Waals surface area contributed by atoms with Crippen molar-refractivity contribution < 1.29 is 14.4 Å². The van der Waals surface area contributed by atoms with Crippen LogP contribution in [0, 0.1) is 17.2 Å². The topological polar surface area (TPSA) is 154 Å². The first kappa shape index (κ1) is 23.7. The summed E-state index contributed by atoms with van der Waals surface area (Å²) in [5.74, 6) is -2.69. The lowest BCUT2D eigenvalue weighted by Crippen LogP contribution is -2.59. The van der Waals surface area contributed by atoms with Crippen LogP contribution in [0.4, 0.5) is 0 Å². The van der Waals surface area contributed by atoms with Crippen molar-refractivity contribution in [3.05, 3.63) is 35.9 Å². The summed E-state index contributed by atoms with van der Waals surface area (Å²) in [7, 11) is 0. The third-order valence-electron chi connectivity index (χ3n) is 6.67. The van der Waals surface area contributed by atoms with Crippen LogP contribution in [0.3, 0.4) is 0 Å². The predicted octanol–water partition coefficient (Wildman–Crippen LogP) is 0.480. The van der Waals surface area contributed by atoms with Gasteiger partial charge in [0, 0.05) is 19.1 Å². The molecule has 2 aliphatic heterocycles. The third kappa shape index (κ3) is 4.62. The van der Waals surface area contributed by atoms with Gasteiger partial charge in [-0.15, -0.1) is 0 Å². The summed E-state index contributed by atoms with van der Waals surface area (Å²) in [5.41, 5.74) is 11.1. The first-order chi connectivity index (χ1) is 15.3. The van der Waals surface area contributed by atoms with Gasteiger partial charge in [-0.05, 0) is 37.7 Å². The van der Waals surface area contributed by atoms with Crippen LogP contribution in [-0.2, 0) is 20.8 Å². The number of likely N-dealkylation sites (tertiary alicyclic amines) is 1. The molecule has 7 N–H and O–H groups in total. The van der Waals surface area contributed by atoms with Crippen molar-refractivity contribution in [1.82, 2.24) is 15.5 Å². The molecule has 3 rings (SSSR count). The van der Waals surface area contributed by atoms with Crippen LogP contribution in [0.15, 0.2) is 30.3 Å². The number of primary amides is 1. The van der Waals surface area contributed by atoms with E-state index in [4.69, 9.17) is 16.9 Å². The Labute approximate surface area is 188 Å². The van der Waals surface area contributed by atoms with Crippen LogP contribution in [-0.4, -0.2) is 53.3 Å². The summed E-state index contributed by atoms with van der Waals surface area (Å²) in [6, 6.07) is 9.61. The number of unbranched alkanes of at least 4 members (excludes halogenated alkanes) is 1. The van der Waals surface area contributed by atoms with E-state index in [2.05, 4.69) is 10.6 Å². The molecule has 0 aromatic heterocycles. The minimum atomic E-state index is -1.29. The van der Waals surface area contributed by atoms with Gasteiger partial charge in [-0.25, -0.2) is 0 Å². The summed E-state index contributed by atoms with van der Waals surface area (Å²) in [6.07, 6.45) is 3.68. The number of carbonyl (C=O) groups excluding carboxylic acids is 3. The first-order valence-electron chi connectivity index (χ1n) is 11.4. The van der Waals surface area contributed by atoms with Gasteiger partial charge in [0.15, 0.2) is 5.96 Å². The lowest BCUT2D eigenvalue weighted by molar-refractivity contribution is -0.143. The number of nitrogens with zero attached hydrogens (tertiary/aromatic N) is 1. The first-order valence-corrected chi connectivity index (χ1v) is 11.4. The number of carbonyl (C=O) groups is 3. The molecule has 174 valence electrons. The maximum atomic E-state index is 13.4. The van der Waals surface area contributed by atoms with Crippen LogP contribution in [0.25, 0.3) is 0 Å². The smallest absolute Gasteiger partial charge is 0.238 e. The molecular weight excluding hydrogens is 408 g/mol. The maximum Gasteiger partial charge on any atom is 0.238 e. The van der Waals surface area contributed by atoms with Gasteiger partial charge in [-0.2, -0.15) is 0 Å². The minimum Gasteiger partial charge on any atom is -0.370 e. The molecule has 0 radical (unpaired) electrons. The maximum absolute atomic E-state index is 13.4. The zero-order chi connectivity index (χ0) is 23.3. The van der Waals surface area contributed by atoms with E-state index in [-0.39, 0.29) is 30.2 Å². The number of guanidine groups is 1. The number of fused-ring (bicyclic) bond motifs is 1. The Morgan fingerprint density at radius 3 is 2.53 bits per heavy atom. The standard InChI is InChI=1S/C23H34N6O3/c1-2-3-14-29-19(30)17-16(11-10-15-8-5-4-6-9-15)28-23(21(24)32,18(17)20(29)31)12-7-13-27-22(25)26/h4-6,8-9,16-18,28H,2-3,7,10-14H2,1H3,(H2,24,32)(H4,25,26,27). The van der Waals surface area contributed by atoms with Gasteiger partial charge in [0.25, 0.3) is 0 Å². The fourth-order valence-corrected chi connectivity index (χ4v) is 5.11. The Morgan fingerprint density at radius 2 is 1.91 bits per heavy atom. The Balaban J connectivity index is 1.86. The van der Waals surface area contributed by atoms with Gasteiger partial charge in [-0.3, -0.25) is 30.0 Å². The van der Waals surface area contributed by atoms with Gasteiger partial charge < -0.3 is 16.8 Å². The molecule has 0 saturated carbocycles. The van der Waals surface area contributed by atoms with E-state index in [0.717, 1.165) is 24.8 Å². The number of nitrogens with one attached hydrogen (secondary N) is 3. The van der Waals surface area contributed by atoms with Crippen molar-refractivity contribution in [3.63, 3.8) is 0 Å². The molecule has 32 heavy (non-hydrogen) atoms. The summed E-state index contributed by atoms with van der Waals surface area (Å²) in [5, 5.41) is 13.4. The second-order valence-electron chi connectivity index (χ2n) is 8.74. The number of nitrogens with two attached hydrogens (primary N) is 2. The van der Waals surface area contributed by atoms with Crippen molar-refractivity contribution in [2.45, 2.75) is 57.0 Å².